The molecule has 2 rings (SSSR count). The lowest BCUT2D eigenvalue weighted by Crippen LogP contribution is -2.07. The monoisotopic (exact) mass is 229 g/mol. The first kappa shape index (κ1) is 11.5. The molecule has 0 amide bonds. The Morgan fingerprint density at radius 1 is 1.29 bits per heavy atom. The van der Waals surface area contributed by atoms with Gasteiger partial charge in [-0.25, -0.2) is 4.39 Å². The van der Waals surface area contributed by atoms with E-state index < -0.39 is 0 Å². The molecule has 17 heavy (non-hydrogen) atoms. The fourth-order valence-electron chi connectivity index (χ4n) is 1.67. The first-order valence-electron chi connectivity index (χ1n) is 5.35. The van der Waals surface area contributed by atoms with Crippen LogP contribution in [0.1, 0.15) is 21.5 Å². The van der Waals surface area contributed by atoms with Gasteiger partial charge < -0.3 is 0 Å². The molecule has 0 unspecified atom stereocenters. The fourth-order valence-corrected chi connectivity index (χ4v) is 1.67. The molecular weight excluding hydrogens is 217 g/mol. The lowest BCUT2D eigenvalue weighted by molar-refractivity contribution is 0.0991. The number of pyridine rings is 1. The molecule has 0 bridgehead atoms. The second-order valence-electron chi connectivity index (χ2n) is 3.88. The molecule has 0 saturated carbocycles. The topological polar surface area (TPSA) is 30.0 Å². The van der Waals surface area contributed by atoms with Crippen molar-refractivity contribution in [3.63, 3.8) is 0 Å². The van der Waals surface area contributed by atoms with Crippen molar-refractivity contribution in [2.75, 3.05) is 0 Å². The van der Waals surface area contributed by atoms with Crippen LogP contribution in [0.3, 0.4) is 0 Å². The van der Waals surface area contributed by atoms with E-state index in [0.717, 1.165) is 5.56 Å². The molecule has 1 heterocycles. The molecule has 0 fully saturated rings. The highest BCUT2D eigenvalue weighted by Crippen LogP contribution is 2.13. The summed E-state index contributed by atoms with van der Waals surface area (Å²) in [6, 6.07) is 8.09. The molecule has 0 aliphatic carbocycles. The average molecular weight is 229 g/mol. The van der Waals surface area contributed by atoms with Gasteiger partial charge in [-0.1, -0.05) is 18.2 Å². The summed E-state index contributed by atoms with van der Waals surface area (Å²) in [5, 5.41) is 0. The Hall–Kier alpha value is -2.03. The Morgan fingerprint density at radius 2 is 2.06 bits per heavy atom. The van der Waals surface area contributed by atoms with Crippen molar-refractivity contribution in [1.82, 2.24) is 4.98 Å². The first-order chi connectivity index (χ1) is 8.18. The molecular formula is C14H12FNO. The SMILES string of the molecule is Cc1ccncc1C(=O)Cc1ccccc1F. The number of hydrogen-bond donors (Lipinski definition) is 0. The third kappa shape index (κ3) is 2.56. The first-order valence-corrected chi connectivity index (χ1v) is 5.35. The van der Waals surface area contributed by atoms with Gasteiger partial charge in [0.15, 0.2) is 5.78 Å². The number of Topliss-reactive ketones (excluding diaryl/α,β-unsaturated/α-hetero) is 1. The molecule has 0 aliphatic rings. The summed E-state index contributed by atoms with van der Waals surface area (Å²) >= 11 is 0. The lowest BCUT2D eigenvalue weighted by atomic mass is 10.0. The number of carbonyl (C=O) groups is 1. The molecule has 0 N–H and O–H groups in total. The molecule has 0 spiro atoms. The predicted octanol–water partition coefficient (Wildman–Crippen LogP) is 2.95. The van der Waals surface area contributed by atoms with Crippen molar-refractivity contribution < 1.29 is 9.18 Å². The van der Waals surface area contributed by atoms with Crippen LogP contribution in [-0.2, 0) is 6.42 Å². The summed E-state index contributed by atoms with van der Waals surface area (Å²) in [5.41, 5.74) is 1.83. The molecule has 2 aromatic rings. The van der Waals surface area contributed by atoms with Crippen molar-refractivity contribution in [3.8, 4) is 0 Å². The van der Waals surface area contributed by atoms with Crippen LogP contribution < -0.4 is 0 Å². The summed E-state index contributed by atoms with van der Waals surface area (Å²) in [6.45, 7) is 1.84. The quantitative estimate of drug-likeness (QED) is 0.757. The maximum Gasteiger partial charge on any atom is 0.169 e. The number of aryl methyl sites for hydroxylation is 1. The molecule has 0 radical (unpaired) electrons. The third-order valence-corrected chi connectivity index (χ3v) is 2.65. The summed E-state index contributed by atoms with van der Waals surface area (Å²) < 4.78 is 13.4. The molecule has 0 atom stereocenters. The van der Waals surface area contributed by atoms with Crippen LogP contribution in [0.25, 0.3) is 0 Å². The number of nitrogens with zero attached hydrogens (tertiary/aromatic N) is 1. The number of aromatic nitrogens is 1. The number of rotatable bonds is 3. The Bertz CT molecular complexity index is 551. The maximum absolute atomic E-state index is 13.4. The summed E-state index contributed by atoms with van der Waals surface area (Å²) in [4.78, 5) is 15.9. The Kier molecular flexibility index (Phi) is 3.28. The minimum absolute atomic E-state index is 0.0687. The van der Waals surface area contributed by atoms with E-state index in [1.807, 2.05) is 6.92 Å². The molecule has 0 aliphatic heterocycles. The van der Waals surface area contributed by atoms with Crippen LogP contribution in [-0.4, -0.2) is 10.8 Å². The number of benzene rings is 1. The predicted molar refractivity (Wildman–Crippen MR) is 63.4 cm³/mol. The van der Waals surface area contributed by atoms with Crippen LogP contribution in [0.2, 0.25) is 0 Å². The number of halogens is 1. The summed E-state index contributed by atoms with van der Waals surface area (Å²) in [7, 11) is 0. The van der Waals surface area contributed by atoms with Crippen LogP contribution >= 0.6 is 0 Å². The van der Waals surface area contributed by atoms with Crippen molar-refractivity contribution in [2.24, 2.45) is 0 Å². The van der Waals surface area contributed by atoms with Crippen LogP contribution in [0, 0.1) is 12.7 Å². The van der Waals surface area contributed by atoms with Gasteiger partial charge in [-0.3, -0.25) is 9.78 Å². The number of hydrogen-bond acceptors (Lipinski definition) is 2. The minimum atomic E-state index is -0.345. The highest BCUT2D eigenvalue weighted by Gasteiger charge is 2.12. The molecule has 1 aromatic heterocycles. The summed E-state index contributed by atoms with van der Waals surface area (Å²) in [6.07, 6.45) is 3.23. The summed E-state index contributed by atoms with van der Waals surface area (Å²) in [5.74, 6) is -0.455. The largest absolute Gasteiger partial charge is 0.294 e. The second-order valence-corrected chi connectivity index (χ2v) is 3.88. The van der Waals surface area contributed by atoms with E-state index in [4.69, 9.17) is 0 Å². The highest BCUT2D eigenvalue weighted by atomic mass is 19.1. The molecule has 0 saturated heterocycles. The Balaban J connectivity index is 2.24. The molecule has 2 nitrogen and oxygen atoms in total. The van der Waals surface area contributed by atoms with Crippen LogP contribution in [0.15, 0.2) is 42.7 Å². The van der Waals surface area contributed by atoms with E-state index in [1.165, 1.54) is 12.3 Å². The van der Waals surface area contributed by atoms with E-state index in [-0.39, 0.29) is 18.0 Å². The molecule has 86 valence electrons. The maximum atomic E-state index is 13.4. The average Bonchev–Trinajstić information content (AvgIpc) is 2.32. The van der Waals surface area contributed by atoms with Gasteiger partial charge in [0.2, 0.25) is 0 Å². The zero-order chi connectivity index (χ0) is 12.3. The second kappa shape index (κ2) is 4.87. The van der Waals surface area contributed by atoms with Crippen molar-refractivity contribution in [2.45, 2.75) is 13.3 Å². The van der Waals surface area contributed by atoms with Gasteiger partial charge in [0, 0.05) is 24.4 Å². The van der Waals surface area contributed by atoms with Gasteiger partial charge in [0.1, 0.15) is 5.82 Å². The van der Waals surface area contributed by atoms with Crippen LogP contribution in [0.4, 0.5) is 4.39 Å². The lowest BCUT2D eigenvalue weighted by Gasteiger charge is -2.04. The number of carbonyl (C=O) groups excluding carboxylic acids is 1. The molecule has 1 aromatic carbocycles. The Morgan fingerprint density at radius 3 is 2.76 bits per heavy atom. The smallest absolute Gasteiger partial charge is 0.169 e. The number of ketones is 1. The van der Waals surface area contributed by atoms with Crippen molar-refractivity contribution in [1.29, 1.82) is 0 Å². The van der Waals surface area contributed by atoms with E-state index in [0.29, 0.717) is 11.1 Å². The van der Waals surface area contributed by atoms with E-state index in [9.17, 15) is 9.18 Å². The zero-order valence-corrected chi connectivity index (χ0v) is 9.48. The van der Waals surface area contributed by atoms with Crippen molar-refractivity contribution >= 4 is 5.78 Å². The minimum Gasteiger partial charge on any atom is -0.294 e. The molecule has 3 heteroatoms. The van der Waals surface area contributed by atoms with Crippen LogP contribution in [0.5, 0.6) is 0 Å². The standard InChI is InChI=1S/C14H12FNO/c1-10-6-7-16-9-12(10)14(17)8-11-4-2-3-5-13(11)15/h2-7,9H,8H2,1H3. The Labute approximate surface area is 99.1 Å². The van der Waals surface area contributed by atoms with E-state index in [1.54, 1.807) is 30.5 Å². The van der Waals surface area contributed by atoms with E-state index in [2.05, 4.69) is 4.98 Å². The van der Waals surface area contributed by atoms with Gasteiger partial charge in [-0.2, -0.15) is 0 Å². The van der Waals surface area contributed by atoms with Gasteiger partial charge in [0.05, 0.1) is 0 Å². The van der Waals surface area contributed by atoms with Gasteiger partial charge in [-0.15, -0.1) is 0 Å². The van der Waals surface area contributed by atoms with Gasteiger partial charge >= 0.3 is 0 Å². The highest BCUT2D eigenvalue weighted by molar-refractivity contribution is 5.98. The van der Waals surface area contributed by atoms with E-state index >= 15 is 0 Å². The van der Waals surface area contributed by atoms with Gasteiger partial charge in [0.25, 0.3) is 0 Å². The zero-order valence-electron chi connectivity index (χ0n) is 9.48. The fraction of sp³-hybridized carbons (Fsp3) is 0.143. The van der Waals surface area contributed by atoms with Gasteiger partial charge in [-0.05, 0) is 30.2 Å². The normalized spacial score (nSPS) is 10.2. The third-order valence-electron chi connectivity index (χ3n) is 2.65. The van der Waals surface area contributed by atoms with Crippen molar-refractivity contribution in [3.05, 3.63) is 65.2 Å².